The van der Waals surface area contributed by atoms with Crippen molar-refractivity contribution in [3.8, 4) is 11.4 Å². The fourth-order valence-electron chi connectivity index (χ4n) is 1.77. The van der Waals surface area contributed by atoms with Gasteiger partial charge in [-0.3, -0.25) is 4.40 Å². The zero-order chi connectivity index (χ0) is 12.7. The van der Waals surface area contributed by atoms with Crippen molar-refractivity contribution in [2.75, 3.05) is 0 Å². The third-order valence-electron chi connectivity index (χ3n) is 2.63. The van der Waals surface area contributed by atoms with Crippen LogP contribution in [0.3, 0.4) is 0 Å². The largest absolute Gasteiger partial charge is 0.265 e. The van der Waals surface area contributed by atoms with Crippen LogP contribution in [0.1, 0.15) is 5.56 Å². The zero-order valence-electron chi connectivity index (χ0n) is 9.43. The van der Waals surface area contributed by atoms with E-state index in [1.165, 1.54) is 0 Å². The smallest absolute Gasteiger partial charge is 0.170 e. The number of benzene rings is 1. The molecule has 0 aliphatic heterocycles. The lowest BCUT2D eigenvalue weighted by Gasteiger charge is -2.04. The molecular formula is C12H8BrClN4. The van der Waals surface area contributed by atoms with Gasteiger partial charge in [-0.1, -0.05) is 39.2 Å². The molecule has 4 nitrogen and oxygen atoms in total. The Hall–Kier alpha value is -1.46. The molecule has 90 valence electrons. The molecule has 0 bridgehead atoms. The van der Waals surface area contributed by atoms with Crippen molar-refractivity contribution >= 4 is 33.2 Å². The monoisotopic (exact) mass is 322 g/mol. The molecule has 0 atom stereocenters. The molecule has 6 heteroatoms. The standard InChI is InChI=1S/C12H8BrClN4/c1-7-2-3-9(13)8(4-7)12-17-16-11-5-10(14)15-6-18(11)12/h2-6H,1H3. The van der Waals surface area contributed by atoms with Gasteiger partial charge in [-0.2, -0.15) is 0 Å². The molecule has 18 heavy (non-hydrogen) atoms. The first-order valence-electron chi connectivity index (χ1n) is 5.28. The van der Waals surface area contributed by atoms with Crippen LogP contribution in [-0.4, -0.2) is 19.6 Å². The van der Waals surface area contributed by atoms with Crippen LogP contribution in [0.4, 0.5) is 0 Å². The zero-order valence-corrected chi connectivity index (χ0v) is 11.8. The van der Waals surface area contributed by atoms with Crippen molar-refractivity contribution in [3.63, 3.8) is 0 Å². The third kappa shape index (κ3) is 1.89. The predicted octanol–water partition coefficient (Wildman–Crippen LogP) is 3.52. The Morgan fingerprint density at radius 1 is 1.22 bits per heavy atom. The number of hydrogen-bond donors (Lipinski definition) is 0. The molecule has 3 aromatic rings. The van der Waals surface area contributed by atoms with Gasteiger partial charge in [-0.25, -0.2) is 4.98 Å². The maximum atomic E-state index is 5.83. The second-order valence-electron chi connectivity index (χ2n) is 3.95. The second-order valence-corrected chi connectivity index (χ2v) is 5.19. The van der Waals surface area contributed by atoms with Crippen LogP contribution in [0.5, 0.6) is 0 Å². The van der Waals surface area contributed by atoms with Crippen LogP contribution in [0.2, 0.25) is 5.15 Å². The minimum absolute atomic E-state index is 0.407. The van der Waals surface area contributed by atoms with E-state index in [4.69, 9.17) is 11.6 Å². The van der Waals surface area contributed by atoms with E-state index in [9.17, 15) is 0 Å². The lowest BCUT2D eigenvalue weighted by atomic mass is 10.1. The molecule has 0 N–H and O–H groups in total. The van der Waals surface area contributed by atoms with Gasteiger partial charge in [-0.05, 0) is 19.1 Å². The van der Waals surface area contributed by atoms with Crippen LogP contribution >= 0.6 is 27.5 Å². The van der Waals surface area contributed by atoms with Crippen LogP contribution in [0.15, 0.2) is 35.1 Å². The Balaban J connectivity index is 2.28. The molecule has 0 fully saturated rings. The molecule has 0 amide bonds. The molecule has 0 spiro atoms. The summed E-state index contributed by atoms with van der Waals surface area (Å²) in [5, 5.41) is 8.69. The molecule has 2 aromatic heterocycles. The average Bonchev–Trinajstić information content (AvgIpc) is 2.75. The molecule has 0 unspecified atom stereocenters. The van der Waals surface area contributed by atoms with Gasteiger partial charge in [0.1, 0.15) is 11.5 Å². The normalized spacial score (nSPS) is 11.1. The third-order valence-corrected chi connectivity index (χ3v) is 3.53. The number of aryl methyl sites for hydroxylation is 1. The van der Waals surface area contributed by atoms with Crippen LogP contribution in [-0.2, 0) is 0 Å². The Morgan fingerprint density at radius 3 is 2.89 bits per heavy atom. The van der Waals surface area contributed by atoms with Crippen LogP contribution in [0.25, 0.3) is 17.0 Å². The van der Waals surface area contributed by atoms with Gasteiger partial charge in [0.2, 0.25) is 0 Å². The average molecular weight is 324 g/mol. The van der Waals surface area contributed by atoms with Gasteiger partial charge < -0.3 is 0 Å². The summed E-state index contributed by atoms with van der Waals surface area (Å²) in [6.07, 6.45) is 1.63. The van der Waals surface area contributed by atoms with Crippen molar-refractivity contribution in [2.24, 2.45) is 0 Å². The number of hydrogen-bond acceptors (Lipinski definition) is 3. The summed E-state index contributed by atoms with van der Waals surface area (Å²) in [4.78, 5) is 4.05. The van der Waals surface area contributed by atoms with Crippen molar-refractivity contribution in [3.05, 3.63) is 45.8 Å². The van der Waals surface area contributed by atoms with Crippen molar-refractivity contribution in [1.29, 1.82) is 0 Å². The molecule has 1 aromatic carbocycles. The number of aromatic nitrogens is 4. The Labute approximate surface area is 117 Å². The van der Waals surface area contributed by atoms with Gasteiger partial charge in [0, 0.05) is 16.1 Å². The highest BCUT2D eigenvalue weighted by Gasteiger charge is 2.11. The summed E-state index contributed by atoms with van der Waals surface area (Å²) in [6.45, 7) is 2.04. The van der Waals surface area contributed by atoms with Gasteiger partial charge in [-0.15, -0.1) is 10.2 Å². The topological polar surface area (TPSA) is 43.1 Å². The molecular weight excluding hydrogens is 316 g/mol. The predicted molar refractivity (Wildman–Crippen MR) is 73.7 cm³/mol. The summed E-state index contributed by atoms with van der Waals surface area (Å²) in [5.74, 6) is 0.741. The number of rotatable bonds is 1. The van der Waals surface area contributed by atoms with E-state index in [1.807, 2.05) is 23.5 Å². The number of nitrogens with zero attached hydrogens (tertiary/aromatic N) is 4. The first kappa shape index (κ1) is 11.6. The Morgan fingerprint density at radius 2 is 2.06 bits per heavy atom. The lowest BCUT2D eigenvalue weighted by molar-refractivity contribution is 1.08. The highest BCUT2D eigenvalue weighted by Crippen LogP contribution is 2.28. The SMILES string of the molecule is Cc1ccc(Br)c(-c2nnc3cc(Cl)ncn23)c1. The fourth-order valence-corrected chi connectivity index (χ4v) is 2.33. The second kappa shape index (κ2) is 4.33. The maximum Gasteiger partial charge on any atom is 0.170 e. The highest BCUT2D eigenvalue weighted by atomic mass is 79.9. The summed E-state index contributed by atoms with van der Waals surface area (Å²) >= 11 is 9.35. The van der Waals surface area contributed by atoms with Crippen molar-refractivity contribution in [2.45, 2.75) is 6.92 Å². The summed E-state index contributed by atoms with van der Waals surface area (Å²) < 4.78 is 2.78. The van der Waals surface area contributed by atoms with Crippen LogP contribution in [0, 0.1) is 6.92 Å². The van der Waals surface area contributed by atoms with E-state index in [0.717, 1.165) is 21.4 Å². The lowest BCUT2D eigenvalue weighted by Crippen LogP contribution is -1.92. The van der Waals surface area contributed by atoms with Gasteiger partial charge in [0.15, 0.2) is 11.5 Å². The minimum Gasteiger partial charge on any atom is -0.265 e. The van der Waals surface area contributed by atoms with E-state index in [1.54, 1.807) is 12.4 Å². The summed E-state index contributed by atoms with van der Waals surface area (Å²) in [7, 11) is 0. The van der Waals surface area contributed by atoms with E-state index < -0.39 is 0 Å². The van der Waals surface area contributed by atoms with E-state index in [2.05, 4.69) is 37.2 Å². The molecule has 0 saturated carbocycles. The number of halogens is 2. The Kier molecular flexibility index (Phi) is 2.80. The van der Waals surface area contributed by atoms with Gasteiger partial charge in [0.25, 0.3) is 0 Å². The van der Waals surface area contributed by atoms with E-state index >= 15 is 0 Å². The van der Waals surface area contributed by atoms with Crippen LogP contribution < -0.4 is 0 Å². The van der Waals surface area contributed by atoms with Crippen molar-refractivity contribution in [1.82, 2.24) is 19.6 Å². The summed E-state index contributed by atoms with van der Waals surface area (Å²) in [6, 6.07) is 7.76. The van der Waals surface area contributed by atoms with E-state index in [0.29, 0.717) is 10.8 Å². The Bertz CT molecular complexity index is 738. The quantitative estimate of drug-likeness (QED) is 0.644. The fraction of sp³-hybridized carbons (Fsp3) is 0.0833. The first-order chi connectivity index (χ1) is 8.65. The molecule has 0 radical (unpaired) electrons. The molecule has 0 saturated heterocycles. The van der Waals surface area contributed by atoms with E-state index in [-0.39, 0.29) is 0 Å². The maximum absolute atomic E-state index is 5.83. The summed E-state index contributed by atoms with van der Waals surface area (Å²) in [5.41, 5.74) is 2.82. The molecule has 0 aliphatic carbocycles. The van der Waals surface area contributed by atoms with Gasteiger partial charge >= 0.3 is 0 Å². The molecule has 3 rings (SSSR count). The van der Waals surface area contributed by atoms with Gasteiger partial charge in [0.05, 0.1) is 0 Å². The molecule has 2 heterocycles. The number of fused-ring (bicyclic) bond motifs is 1. The highest BCUT2D eigenvalue weighted by molar-refractivity contribution is 9.10. The minimum atomic E-state index is 0.407. The van der Waals surface area contributed by atoms with Crippen molar-refractivity contribution < 1.29 is 0 Å². The molecule has 0 aliphatic rings. The first-order valence-corrected chi connectivity index (χ1v) is 6.45.